The van der Waals surface area contributed by atoms with E-state index in [0.717, 1.165) is 24.0 Å². The topological polar surface area (TPSA) is 96.8 Å². The Hall–Kier alpha value is -3.08. The summed E-state index contributed by atoms with van der Waals surface area (Å²) in [6.07, 6.45) is 2.38. The van der Waals surface area contributed by atoms with Gasteiger partial charge in [-0.1, -0.05) is 18.2 Å². The summed E-state index contributed by atoms with van der Waals surface area (Å²) in [7, 11) is 0. The van der Waals surface area contributed by atoms with Gasteiger partial charge in [0, 0.05) is 24.4 Å². The van der Waals surface area contributed by atoms with Crippen LogP contribution in [0.5, 0.6) is 0 Å². The van der Waals surface area contributed by atoms with E-state index in [9.17, 15) is 22.3 Å². The van der Waals surface area contributed by atoms with E-state index in [4.69, 9.17) is 10.2 Å². The minimum atomic E-state index is -2.36. The Bertz CT molecular complexity index is 1520. The van der Waals surface area contributed by atoms with E-state index in [-0.39, 0.29) is 30.3 Å². The summed E-state index contributed by atoms with van der Waals surface area (Å²) in [4.78, 5) is 12.4. The number of halogens is 3. The van der Waals surface area contributed by atoms with Crippen LogP contribution in [0.2, 0.25) is 0 Å². The lowest BCUT2D eigenvalue weighted by molar-refractivity contribution is 0.1000. The number of carbonyl (C=O) groups is 1. The number of amides is 1. The highest BCUT2D eigenvalue weighted by Gasteiger charge is 2.31. The quantitative estimate of drug-likeness (QED) is 0.227. The van der Waals surface area contributed by atoms with Crippen LogP contribution in [0.15, 0.2) is 63.5 Å². The van der Waals surface area contributed by atoms with Gasteiger partial charge in [0.15, 0.2) is 0 Å². The number of hydrogen-bond donors (Lipinski definition) is 2. The Balaban J connectivity index is 1.55. The van der Waals surface area contributed by atoms with Crippen molar-refractivity contribution in [3.8, 4) is 0 Å². The highest BCUT2D eigenvalue weighted by atomic mass is 79.9. The maximum Gasteiger partial charge on any atom is 0.261 e. The third kappa shape index (κ3) is 5.46. The Morgan fingerprint density at radius 3 is 2.43 bits per heavy atom. The number of carbonyl (C=O) groups excluding carboxylic acids is 1. The van der Waals surface area contributed by atoms with Crippen LogP contribution in [-0.4, -0.2) is 21.2 Å². The molecule has 0 spiro atoms. The van der Waals surface area contributed by atoms with Crippen molar-refractivity contribution in [3.05, 3.63) is 98.7 Å². The van der Waals surface area contributed by atoms with Crippen molar-refractivity contribution in [1.82, 2.24) is 0 Å². The van der Waals surface area contributed by atoms with Crippen molar-refractivity contribution >= 4 is 49.8 Å². The van der Waals surface area contributed by atoms with Crippen LogP contribution in [-0.2, 0) is 24.1 Å². The summed E-state index contributed by atoms with van der Waals surface area (Å²) >= 11 is 0.773. The van der Waals surface area contributed by atoms with E-state index < -0.39 is 23.0 Å². The molecule has 0 saturated heterocycles. The molecule has 1 aromatic heterocycles. The zero-order chi connectivity index (χ0) is 26.3. The molecule has 1 aliphatic rings. The first kappa shape index (κ1) is 25.6. The number of benzene rings is 3. The predicted molar refractivity (Wildman–Crippen MR) is 142 cm³/mol. The first-order valence-electron chi connectivity index (χ1n) is 11.7. The van der Waals surface area contributed by atoms with Crippen molar-refractivity contribution in [2.45, 2.75) is 31.6 Å². The molecular weight excluding hydrogens is 566 g/mol. The Morgan fingerprint density at radius 1 is 1.11 bits per heavy atom. The van der Waals surface area contributed by atoms with E-state index in [1.54, 1.807) is 30.3 Å². The fourth-order valence-corrected chi connectivity index (χ4v) is 5.35. The van der Waals surface area contributed by atoms with Crippen molar-refractivity contribution in [2.24, 2.45) is 5.73 Å². The third-order valence-electron chi connectivity index (χ3n) is 6.50. The van der Waals surface area contributed by atoms with Crippen LogP contribution in [0.25, 0.3) is 11.0 Å². The minimum Gasteiger partial charge on any atom is -0.460 e. The summed E-state index contributed by atoms with van der Waals surface area (Å²) in [5, 5.41) is 0.536. The van der Waals surface area contributed by atoms with Gasteiger partial charge in [-0.2, -0.15) is 0 Å². The SMILES string of the molecule is NC(=O)c1c(Cc2ccc(F)cc2)oc2cc(N(CCc3ccc(Br)c(F)c3)S(=O)O)c(C3CC3)cc12. The monoisotopic (exact) mass is 588 g/mol. The molecule has 1 saturated carbocycles. The average molecular weight is 589 g/mol. The lowest BCUT2D eigenvalue weighted by Crippen LogP contribution is -2.28. The van der Waals surface area contributed by atoms with E-state index in [0.29, 0.717) is 38.9 Å². The van der Waals surface area contributed by atoms with Gasteiger partial charge in [-0.3, -0.25) is 13.7 Å². The van der Waals surface area contributed by atoms with Gasteiger partial charge < -0.3 is 10.2 Å². The molecule has 0 radical (unpaired) electrons. The van der Waals surface area contributed by atoms with Gasteiger partial charge in [-0.25, -0.2) is 13.0 Å². The van der Waals surface area contributed by atoms with Gasteiger partial charge >= 0.3 is 0 Å². The van der Waals surface area contributed by atoms with Crippen LogP contribution in [0, 0.1) is 11.6 Å². The van der Waals surface area contributed by atoms with Gasteiger partial charge in [-0.05, 0) is 88.1 Å². The Labute approximate surface area is 223 Å². The van der Waals surface area contributed by atoms with Crippen LogP contribution in [0.1, 0.15) is 51.6 Å². The first-order valence-corrected chi connectivity index (χ1v) is 13.5. The standard InChI is InChI=1S/C27H23BrF2N2O4S/c28-21-8-3-16(11-22(21)30)9-10-32(37(34)35)23-14-24-20(13-19(23)17-4-5-17)26(27(31)33)25(36-24)12-15-1-6-18(29)7-2-15/h1-3,6-8,11,13-14,17H,4-5,9-10,12H2,(H2,31,33)(H,34,35). The highest BCUT2D eigenvalue weighted by Crippen LogP contribution is 2.47. The summed E-state index contributed by atoms with van der Waals surface area (Å²) < 4.78 is 57.7. The molecule has 3 N–H and O–H groups in total. The summed E-state index contributed by atoms with van der Waals surface area (Å²) in [6, 6.07) is 14.1. The second-order valence-corrected chi connectivity index (χ2v) is 10.8. The van der Waals surface area contributed by atoms with Crippen LogP contribution < -0.4 is 10.0 Å². The zero-order valence-corrected chi connectivity index (χ0v) is 22.0. The number of fused-ring (bicyclic) bond motifs is 1. The minimum absolute atomic E-state index is 0.154. The van der Waals surface area contributed by atoms with E-state index >= 15 is 0 Å². The van der Waals surface area contributed by atoms with E-state index in [1.165, 1.54) is 22.5 Å². The van der Waals surface area contributed by atoms with Crippen molar-refractivity contribution < 1.29 is 26.8 Å². The maximum atomic E-state index is 14.0. The number of primary amides is 1. The molecule has 37 heavy (non-hydrogen) atoms. The van der Waals surface area contributed by atoms with Gasteiger partial charge in [0.05, 0.1) is 15.7 Å². The average Bonchev–Trinajstić information content (AvgIpc) is 3.63. The molecular formula is C27H23BrF2N2O4S. The lowest BCUT2D eigenvalue weighted by Gasteiger charge is -2.23. The number of rotatable bonds is 9. The van der Waals surface area contributed by atoms with E-state index in [2.05, 4.69) is 15.9 Å². The Kier molecular flexibility index (Phi) is 7.15. The number of anilines is 1. The second kappa shape index (κ2) is 10.4. The fourth-order valence-electron chi connectivity index (χ4n) is 4.53. The lowest BCUT2D eigenvalue weighted by atomic mass is 10.0. The molecule has 4 aromatic rings. The molecule has 3 aromatic carbocycles. The molecule has 1 fully saturated rings. The Morgan fingerprint density at radius 2 is 1.81 bits per heavy atom. The summed E-state index contributed by atoms with van der Waals surface area (Å²) in [5.74, 6) is -0.908. The predicted octanol–water partition coefficient (Wildman–Crippen LogP) is 6.23. The molecule has 6 nitrogen and oxygen atoms in total. The zero-order valence-electron chi connectivity index (χ0n) is 19.5. The molecule has 0 aliphatic heterocycles. The fraction of sp³-hybridized carbons (Fsp3) is 0.222. The van der Waals surface area contributed by atoms with Crippen molar-refractivity contribution in [1.29, 1.82) is 0 Å². The molecule has 5 rings (SSSR count). The van der Waals surface area contributed by atoms with Gasteiger partial charge in [-0.15, -0.1) is 0 Å². The van der Waals surface area contributed by atoms with Crippen LogP contribution >= 0.6 is 15.9 Å². The molecule has 1 unspecified atom stereocenters. The molecule has 1 atom stereocenters. The third-order valence-corrected chi connectivity index (χ3v) is 7.90. The van der Waals surface area contributed by atoms with Crippen LogP contribution in [0.4, 0.5) is 14.5 Å². The number of nitrogens with zero attached hydrogens (tertiary/aromatic N) is 1. The summed E-state index contributed by atoms with van der Waals surface area (Å²) in [5.41, 5.74) is 9.11. The second-order valence-electron chi connectivity index (χ2n) is 9.08. The van der Waals surface area contributed by atoms with Gasteiger partial charge in [0.25, 0.3) is 17.2 Å². The maximum absolute atomic E-state index is 14.0. The molecule has 0 bridgehead atoms. The van der Waals surface area contributed by atoms with Gasteiger partial charge in [0.1, 0.15) is 23.0 Å². The van der Waals surface area contributed by atoms with Crippen molar-refractivity contribution in [3.63, 3.8) is 0 Å². The van der Waals surface area contributed by atoms with Gasteiger partial charge in [0.2, 0.25) is 0 Å². The van der Waals surface area contributed by atoms with E-state index in [1.807, 2.05) is 6.07 Å². The highest BCUT2D eigenvalue weighted by molar-refractivity contribution is 9.10. The van der Waals surface area contributed by atoms with Crippen molar-refractivity contribution in [2.75, 3.05) is 10.8 Å². The number of hydrogen-bond acceptors (Lipinski definition) is 3. The number of furan rings is 1. The first-order chi connectivity index (χ1) is 17.7. The largest absolute Gasteiger partial charge is 0.460 e. The molecule has 1 aliphatic carbocycles. The normalized spacial score (nSPS) is 14.2. The number of nitrogens with two attached hydrogens (primary N) is 1. The molecule has 1 heterocycles. The van der Waals surface area contributed by atoms with Crippen LogP contribution in [0.3, 0.4) is 0 Å². The molecule has 10 heteroatoms. The molecule has 1 amide bonds. The smallest absolute Gasteiger partial charge is 0.261 e. The molecule has 192 valence electrons. The summed E-state index contributed by atoms with van der Waals surface area (Å²) in [6.45, 7) is 0.154.